The van der Waals surface area contributed by atoms with Gasteiger partial charge in [-0.25, -0.2) is 8.78 Å². The molecule has 5 nitrogen and oxygen atoms in total. The second-order valence-electron chi connectivity index (χ2n) is 8.28. The molecule has 5 N–H and O–H groups in total. The number of aliphatic hydroxyl groups is 3. The molecular weight excluding hydrogens is 426 g/mol. The minimum atomic E-state index is -1.10. The lowest BCUT2D eigenvalue weighted by Gasteiger charge is -2.31. The predicted molar refractivity (Wildman–Crippen MR) is 129 cm³/mol. The standard InChI is InChI=1S/C19H22FNO.C5H10FNO.CH4O.CH4/c20-17-11-12-18(19(17)22)21(13-15-7-3-1-4-8-15)14-16-9-5-2-6-10-16;6-3-1-2-4(7)5(3)8;1-2;/h1-10,17-19,22H,11-14H2;3-5,8H,1-2,7H2;2H,1H3;1H4/t17-,18+,19+;3-,4+,5+;;/m00../s1. The molecule has 2 fully saturated rings. The number of rotatable bonds is 5. The van der Waals surface area contributed by atoms with E-state index < -0.39 is 24.6 Å². The Morgan fingerprint density at radius 2 is 1.18 bits per heavy atom. The van der Waals surface area contributed by atoms with Crippen LogP contribution in [0.1, 0.15) is 44.2 Å². The van der Waals surface area contributed by atoms with Crippen LogP contribution in [0, 0.1) is 0 Å². The zero-order valence-corrected chi connectivity index (χ0v) is 18.6. The van der Waals surface area contributed by atoms with Crippen LogP contribution in [-0.4, -0.2) is 64.0 Å². The Labute approximate surface area is 196 Å². The zero-order chi connectivity index (χ0) is 23.5. The molecule has 0 heterocycles. The number of hydrogen-bond acceptors (Lipinski definition) is 5. The molecule has 4 rings (SSSR count). The Morgan fingerprint density at radius 3 is 1.48 bits per heavy atom. The van der Waals surface area contributed by atoms with Crippen molar-refractivity contribution in [3.05, 3.63) is 71.8 Å². The summed E-state index contributed by atoms with van der Waals surface area (Å²) >= 11 is 0. The summed E-state index contributed by atoms with van der Waals surface area (Å²) in [7, 11) is 1.00. The third-order valence-corrected chi connectivity index (χ3v) is 6.01. The van der Waals surface area contributed by atoms with E-state index in [9.17, 15) is 13.9 Å². The van der Waals surface area contributed by atoms with Crippen LogP contribution in [0.4, 0.5) is 8.78 Å². The summed E-state index contributed by atoms with van der Waals surface area (Å²) < 4.78 is 26.0. The molecular formula is C26H40F2N2O3. The van der Waals surface area contributed by atoms with Crippen LogP contribution in [0.15, 0.2) is 60.7 Å². The summed E-state index contributed by atoms with van der Waals surface area (Å²) in [5, 5.41) is 25.9. The molecule has 2 aromatic rings. The molecule has 0 aromatic heterocycles. The zero-order valence-electron chi connectivity index (χ0n) is 18.6. The molecule has 0 spiro atoms. The van der Waals surface area contributed by atoms with Gasteiger partial charge in [0.05, 0.1) is 0 Å². The van der Waals surface area contributed by atoms with E-state index in [1.54, 1.807) is 0 Å². The van der Waals surface area contributed by atoms with Crippen LogP contribution in [0.3, 0.4) is 0 Å². The highest BCUT2D eigenvalue weighted by atomic mass is 19.1. The van der Waals surface area contributed by atoms with E-state index in [4.69, 9.17) is 15.9 Å². The molecule has 2 aliphatic carbocycles. The second-order valence-corrected chi connectivity index (χ2v) is 8.28. The lowest BCUT2D eigenvalue weighted by atomic mass is 10.1. The van der Waals surface area contributed by atoms with Gasteiger partial charge in [0.25, 0.3) is 0 Å². The van der Waals surface area contributed by atoms with E-state index in [1.165, 1.54) is 11.1 Å². The third kappa shape index (κ3) is 8.76. The van der Waals surface area contributed by atoms with Gasteiger partial charge in [0.15, 0.2) is 0 Å². The molecule has 2 aliphatic rings. The average molecular weight is 467 g/mol. The van der Waals surface area contributed by atoms with Gasteiger partial charge in [-0.2, -0.15) is 0 Å². The van der Waals surface area contributed by atoms with E-state index in [2.05, 4.69) is 29.2 Å². The molecule has 33 heavy (non-hydrogen) atoms. The molecule has 0 radical (unpaired) electrons. The minimum Gasteiger partial charge on any atom is -0.400 e. The molecule has 0 amide bonds. The van der Waals surface area contributed by atoms with Gasteiger partial charge in [-0.05, 0) is 36.8 Å². The summed E-state index contributed by atoms with van der Waals surface area (Å²) in [6.45, 7) is 1.45. The SMILES string of the molecule is C.CO.N[C@@H]1CC[C@H](F)[C@H]1O.O[C@H]1[C@H](N(Cc2ccccc2)Cc2ccccc2)CC[C@@H]1F. The summed E-state index contributed by atoms with van der Waals surface area (Å²) in [6, 6.07) is 19.9. The number of benzene rings is 2. The molecule has 0 bridgehead atoms. The summed E-state index contributed by atoms with van der Waals surface area (Å²) in [5.41, 5.74) is 7.65. The molecule has 0 saturated heterocycles. The monoisotopic (exact) mass is 466 g/mol. The number of aliphatic hydroxyl groups excluding tert-OH is 3. The first-order valence-corrected chi connectivity index (χ1v) is 11.1. The fourth-order valence-corrected chi connectivity index (χ4v) is 4.20. The van der Waals surface area contributed by atoms with Crippen LogP contribution < -0.4 is 5.73 Å². The Kier molecular flexibility index (Phi) is 13.3. The van der Waals surface area contributed by atoms with Gasteiger partial charge in [-0.15, -0.1) is 0 Å². The van der Waals surface area contributed by atoms with Gasteiger partial charge < -0.3 is 21.1 Å². The van der Waals surface area contributed by atoms with E-state index in [-0.39, 0.29) is 19.5 Å². The van der Waals surface area contributed by atoms with Crippen molar-refractivity contribution in [2.45, 2.75) is 82.8 Å². The minimum absolute atomic E-state index is 0. The van der Waals surface area contributed by atoms with Crippen molar-refractivity contribution in [2.75, 3.05) is 7.11 Å². The topological polar surface area (TPSA) is 90.0 Å². The van der Waals surface area contributed by atoms with Crippen LogP contribution in [0.2, 0.25) is 0 Å². The molecule has 6 atom stereocenters. The molecule has 2 aromatic carbocycles. The maximum atomic E-state index is 13.7. The van der Waals surface area contributed by atoms with Crippen LogP contribution in [0.25, 0.3) is 0 Å². The van der Waals surface area contributed by atoms with E-state index >= 15 is 0 Å². The normalized spacial score (nSPS) is 28.2. The predicted octanol–water partition coefficient (Wildman–Crippen LogP) is 3.60. The van der Waals surface area contributed by atoms with Crippen molar-refractivity contribution in [1.82, 2.24) is 4.90 Å². The van der Waals surface area contributed by atoms with Crippen molar-refractivity contribution in [1.29, 1.82) is 0 Å². The summed E-state index contributed by atoms with van der Waals surface area (Å²) in [5.74, 6) is 0. The van der Waals surface area contributed by atoms with Gasteiger partial charge in [0, 0.05) is 32.3 Å². The largest absolute Gasteiger partial charge is 0.400 e. The fraction of sp³-hybridized carbons (Fsp3) is 0.538. The Bertz CT molecular complexity index is 702. The fourth-order valence-electron chi connectivity index (χ4n) is 4.20. The molecule has 2 saturated carbocycles. The number of nitrogens with zero attached hydrogens (tertiary/aromatic N) is 1. The first kappa shape index (κ1) is 29.1. The maximum Gasteiger partial charge on any atom is 0.127 e. The van der Waals surface area contributed by atoms with E-state index in [0.29, 0.717) is 25.7 Å². The third-order valence-electron chi connectivity index (χ3n) is 6.01. The van der Waals surface area contributed by atoms with Crippen molar-refractivity contribution in [3.63, 3.8) is 0 Å². The Balaban J connectivity index is 0.000000418. The van der Waals surface area contributed by atoms with E-state index in [0.717, 1.165) is 20.2 Å². The van der Waals surface area contributed by atoms with Crippen LogP contribution in [0.5, 0.6) is 0 Å². The smallest absolute Gasteiger partial charge is 0.127 e. The lowest BCUT2D eigenvalue weighted by Crippen LogP contribution is -2.41. The molecule has 0 unspecified atom stereocenters. The molecule has 0 aliphatic heterocycles. The summed E-state index contributed by atoms with van der Waals surface area (Å²) in [4.78, 5) is 2.20. The highest BCUT2D eigenvalue weighted by molar-refractivity contribution is 5.18. The Hall–Kier alpha value is -1.90. The van der Waals surface area contributed by atoms with Gasteiger partial charge in [0.1, 0.15) is 24.6 Å². The Morgan fingerprint density at radius 1 is 0.758 bits per heavy atom. The summed E-state index contributed by atoms with van der Waals surface area (Å²) in [6.07, 6.45) is -1.77. The second kappa shape index (κ2) is 15.1. The number of nitrogens with two attached hydrogens (primary N) is 1. The van der Waals surface area contributed by atoms with Crippen molar-refractivity contribution in [3.8, 4) is 0 Å². The van der Waals surface area contributed by atoms with Crippen molar-refractivity contribution >= 4 is 0 Å². The lowest BCUT2D eigenvalue weighted by molar-refractivity contribution is 0.0259. The highest BCUT2D eigenvalue weighted by Crippen LogP contribution is 2.29. The number of hydrogen-bond donors (Lipinski definition) is 4. The number of halogens is 2. The van der Waals surface area contributed by atoms with Gasteiger partial charge in [-0.3, -0.25) is 4.90 Å². The van der Waals surface area contributed by atoms with Crippen LogP contribution >= 0.6 is 0 Å². The average Bonchev–Trinajstić information content (AvgIpc) is 3.32. The van der Waals surface area contributed by atoms with Crippen LogP contribution in [-0.2, 0) is 13.1 Å². The highest BCUT2D eigenvalue weighted by Gasteiger charge is 2.38. The number of alkyl halides is 2. The quantitative estimate of drug-likeness (QED) is 0.541. The van der Waals surface area contributed by atoms with Gasteiger partial charge >= 0.3 is 0 Å². The van der Waals surface area contributed by atoms with E-state index in [1.807, 2.05) is 36.4 Å². The first-order chi connectivity index (χ1) is 15.5. The molecule has 7 heteroatoms. The van der Waals surface area contributed by atoms with Crippen molar-refractivity contribution in [2.24, 2.45) is 5.73 Å². The van der Waals surface area contributed by atoms with Crippen molar-refractivity contribution < 1.29 is 24.1 Å². The molecule has 186 valence electrons. The van der Waals surface area contributed by atoms with Gasteiger partial charge in [-0.1, -0.05) is 68.1 Å². The first-order valence-electron chi connectivity index (χ1n) is 11.1. The van der Waals surface area contributed by atoms with Gasteiger partial charge in [0.2, 0.25) is 0 Å². The maximum absolute atomic E-state index is 13.7.